The maximum absolute atomic E-state index is 13.5. The van der Waals surface area contributed by atoms with Gasteiger partial charge in [-0.3, -0.25) is 4.79 Å². The van der Waals surface area contributed by atoms with E-state index in [2.05, 4.69) is 0 Å². The largest absolute Gasteiger partial charge is 0.481 e. The van der Waals surface area contributed by atoms with E-state index in [4.69, 9.17) is 5.11 Å². The van der Waals surface area contributed by atoms with Crippen molar-refractivity contribution in [2.24, 2.45) is 11.8 Å². The van der Waals surface area contributed by atoms with Crippen molar-refractivity contribution in [3.63, 3.8) is 0 Å². The number of halogens is 2. The quantitative estimate of drug-likeness (QED) is 0.911. The third-order valence-electron chi connectivity index (χ3n) is 3.68. The van der Waals surface area contributed by atoms with Gasteiger partial charge in [0.25, 0.3) is 0 Å². The Hall–Kier alpha value is -1.54. The Labute approximate surface area is 121 Å². The summed E-state index contributed by atoms with van der Waals surface area (Å²) in [5, 5.41) is 9.00. The van der Waals surface area contributed by atoms with Crippen LogP contribution in [0.15, 0.2) is 18.2 Å². The molecule has 1 N–H and O–H groups in total. The monoisotopic (exact) mass is 319 g/mol. The minimum atomic E-state index is -3.97. The Bertz CT molecular complexity index is 642. The fourth-order valence-corrected chi connectivity index (χ4v) is 4.09. The summed E-state index contributed by atoms with van der Waals surface area (Å²) in [7, 11) is -3.97. The van der Waals surface area contributed by atoms with Crippen LogP contribution < -0.4 is 0 Å². The van der Waals surface area contributed by atoms with Crippen LogP contribution in [0.2, 0.25) is 0 Å². The van der Waals surface area contributed by atoms with Crippen molar-refractivity contribution in [3.8, 4) is 0 Å². The van der Waals surface area contributed by atoms with Gasteiger partial charge < -0.3 is 5.11 Å². The van der Waals surface area contributed by atoms with E-state index in [0.717, 1.165) is 22.5 Å². The van der Waals surface area contributed by atoms with Crippen molar-refractivity contribution in [2.45, 2.75) is 12.7 Å². The summed E-state index contributed by atoms with van der Waals surface area (Å²) in [5.74, 6) is -4.89. The lowest BCUT2D eigenvalue weighted by molar-refractivity contribution is -0.142. The minimum Gasteiger partial charge on any atom is -0.481 e. The van der Waals surface area contributed by atoms with Gasteiger partial charge in [-0.05, 0) is 18.1 Å². The fraction of sp³-hybridized carbons (Fsp3) is 0.462. The van der Waals surface area contributed by atoms with Crippen LogP contribution >= 0.6 is 0 Å². The maximum Gasteiger partial charge on any atom is 0.308 e. The summed E-state index contributed by atoms with van der Waals surface area (Å²) in [5.41, 5.74) is -0.524. The topological polar surface area (TPSA) is 74.7 Å². The second kappa shape index (κ2) is 5.69. The Morgan fingerprint density at radius 2 is 1.90 bits per heavy atom. The average Bonchev–Trinajstić information content (AvgIpc) is 2.77. The lowest BCUT2D eigenvalue weighted by Gasteiger charge is -2.16. The van der Waals surface area contributed by atoms with E-state index >= 15 is 0 Å². The molecule has 1 aliphatic rings. The van der Waals surface area contributed by atoms with E-state index in [1.54, 1.807) is 6.92 Å². The van der Waals surface area contributed by atoms with Gasteiger partial charge >= 0.3 is 5.97 Å². The molecular weight excluding hydrogens is 304 g/mol. The van der Waals surface area contributed by atoms with Gasteiger partial charge in [-0.15, -0.1) is 0 Å². The Kier molecular flexibility index (Phi) is 4.29. The van der Waals surface area contributed by atoms with Gasteiger partial charge in [-0.2, -0.15) is 0 Å². The van der Waals surface area contributed by atoms with Crippen LogP contribution in [0.4, 0.5) is 8.78 Å². The molecule has 0 unspecified atom stereocenters. The van der Waals surface area contributed by atoms with Crippen LogP contribution in [-0.2, 0) is 20.6 Å². The van der Waals surface area contributed by atoms with E-state index in [-0.39, 0.29) is 19.0 Å². The number of rotatable bonds is 4. The molecule has 8 heteroatoms. The Balaban J connectivity index is 2.22. The van der Waals surface area contributed by atoms with Crippen LogP contribution in [-0.4, -0.2) is 36.9 Å². The molecular formula is C13H15F2NO4S. The minimum absolute atomic E-state index is 0.0371. The highest BCUT2D eigenvalue weighted by Gasteiger charge is 2.40. The number of hydrogen-bond acceptors (Lipinski definition) is 3. The molecule has 116 valence electrons. The lowest BCUT2D eigenvalue weighted by Crippen LogP contribution is -2.31. The molecule has 1 aliphatic heterocycles. The summed E-state index contributed by atoms with van der Waals surface area (Å²) in [6, 6.07) is 3.13. The number of carboxylic acids is 1. The maximum atomic E-state index is 13.5. The third-order valence-corrected chi connectivity index (χ3v) is 5.42. The molecule has 21 heavy (non-hydrogen) atoms. The summed E-state index contributed by atoms with van der Waals surface area (Å²) in [6.45, 7) is 1.50. The van der Waals surface area contributed by atoms with E-state index in [1.807, 2.05) is 0 Å². The number of benzene rings is 1. The standard InChI is InChI=1S/C13H15F2NO4S/c1-8-5-16(6-9(8)13(17)18)21(19,20)7-10-11(14)3-2-4-12(10)15/h2-4,8-9H,5-7H2,1H3,(H,17,18)/t8-,9-/m1/s1. The molecule has 5 nitrogen and oxygen atoms in total. The van der Waals surface area contributed by atoms with Gasteiger partial charge in [0.15, 0.2) is 0 Å². The van der Waals surface area contributed by atoms with Crippen LogP contribution in [0.25, 0.3) is 0 Å². The van der Waals surface area contributed by atoms with Gasteiger partial charge in [0.2, 0.25) is 10.0 Å². The first-order valence-corrected chi connectivity index (χ1v) is 7.97. The van der Waals surface area contributed by atoms with Crippen molar-refractivity contribution in [2.75, 3.05) is 13.1 Å². The molecule has 1 saturated heterocycles. The van der Waals surface area contributed by atoms with Crippen molar-refractivity contribution in [1.82, 2.24) is 4.31 Å². The number of hydrogen-bond donors (Lipinski definition) is 1. The van der Waals surface area contributed by atoms with Gasteiger partial charge in [0.05, 0.1) is 11.7 Å². The van der Waals surface area contributed by atoms with Crippen molar-refractivity contribution in [1.29, 1.82) is 0 Å². The molecule has 2 atom stereocenters. The molecule has 0 aliphatic carbocycles. The molecule has 1 fully saturated rings. The smallest absolute Gasteiger partial charge is 0.308 e. The molecule has 2 rings (SSSR count). The summed E-state index contributed by atoms with van der Waals surface area (Å²) in [4.78, 5) is 11.0. The van der Waals surface area contributed by atoms with Gasteiger partial charge in [-0.1, -0.05) is 13.0 Å². The summed E-state index contributed by atoms with van der Waals surface area (Å²) >= 11 is 0. The zero-order valence-corrected chi connectivity index (χ0v) is 12.1. The van der Waals surface area contributed by atoms with Crippen LogP contribution in [0.1, 0.15) is 12.5 Å². The van der Waals surface area contributed by atoms with Crippen LogP contribution in [0.3, 0.4) is 0 Å². The number of nitrogens with zero attached hydrogens (tertiary/aromatic N) is 1. The van der Waals surface area contributed by atoms with E-state index in [0.29, 0.717) is 0 Å². The first-order chi connectivity index (χ1) is 9.72. The van der Waals surface area contributed by atoms with E-state index in [1.165, 1.54) is 0 Å². The first kappa shape index (κ1) is 15.8. The Morgan fingerprint density at radius 1 is 1.33 bits per heavy atom. The van der Waals surface area contributed by atoms with Gasteiger partial charge in [0.1, 0.15) is 11.6 Å². The summed E-state index contributed by atoms with van der Waals surface area (Å²) in [6.07, 6.45) is 0. The third kappa shape index (κ3) is 3.21. The predicted molar refractivity (Wildman–Crippen MR) is 70.8 cm³/mol. The van der Waals surface area contributed by atoms with Crippen LogP contribution in [0.5, 0.6) is 0 Å². The number of carboxylic acid groups (broad SMARTS) is 1. The molecule has 1 aromatic carbocycles. The SMILES string of the molecule is C[C@@H]1CN(S(=O)(=O)Cc2c(F)cccc2F)C[C@H]1C(=O)O. The van der Waals surface area contributed by atoms with Crippen LogP contribution in [0, 0.1) is 23.5 Å². The van der Waals surface area contributed by atoms with Crippen molar-refractivity contribution < 1.29 is 27.1 Å². The Morgan fingerprint density at radius 3 is 2.38 bits per heavy atom. The number of sulfonamides is 1. The van der Waals surface area contributed by atoms with E-state index in [9.17, 15) is 22.0 Å². The average molecular weight is 319 g/mol. The highest BCUT2D eigenvalue weighted by atomic mass is 32.2. The zero-order chi connectivity index (χ0) is 15.8. The molecule has 0 aromatic heterocycles. The van der Waals surface area contributed by atoms with Gasteiger partial charge in [-0.25, -0.2) is 21.5 Å². The highest BCUT2D eigenvalue weighted by molar-refractivity contribution is 7.88. The second-order valence-electron chi connectivity index (χ2n) is 5.20. The highest BCUT2D eigenvalue weighted by Crippen LogP contribution is 2.27. The first-order valence-electron chi connectivity index (χ1n) is 6.36. The summed E-state index contributed by atoms with van der Waals surface area (Å²) < 4.78 is 52.5. The second-order valence-corrected chi connectivity index (χ2v) is 7.16. The van der Waals surface area contributed by atoms with Crippen molar-refractivity contribution >= 4 is 16.0 Å². The molecule has 0 amide bonds. The lowest BCUT2D eigenvalue weighted by atomic mass is 9.99. The van der Waals surface area contributed by atoms with E-state index < -0.39 is 44.9 Å². The number of aliphatic carboxylic acids is 1. The molecule has 0 spiro atoms. The molecule has 1 aromatic rings. The fourth-order valence-electron chi connectivity index (χ4n) is 2.41. The van der Waals surface area contributed by atoms with Crippen molar-refractivity contribution in [3.05, 3.63) is 35.4 Å². The molecule has 0 saturated carbocycles. The number of carbonyl (C=O) groups is 1. The normalized spacial score (nSPS) is 23.4. The van der Waals surface area contributed by atoms with Gasteiger partial charge in [0, 0.05) is 18.7 Å². The zero-order valence-electron chi connectivity index (χ0n) is 11.3. The molecule has 0 bridgehead atoms. The predicted octanol–water partition coefficient (Wildman–Crippen LogP) is 1.45. The molecule has 0 radical (unpaired) electrons. The molecule has 1 heterocycles.